The summed E-state index contributed by atoms with van der Waals surface area (Å²) in [7, 11) is 0. The van der Waals surface area contributed by atoms with E-state index in [-0.39, 0.29) is 14.9 Å². The molecule has 0 atom stereocenters. The molecule has 0 unspecified atom stereocenters. The van der Waals surface area contributed by atoms with Gasteiger partial charge < -0.3 is 14.9 Å². The number of rotatable bonds is 2. The normalized spacial score (nSPS) is 10.8. The van der Waals surface area contributed by atoms with Gasteiger partial charge in [-0.25, -0.2) is 12.2 Å². The second-order valence-corrected chi connectivity index (χ2v) is 8.66. The molecule has 1 aliphatic carbocycles. The summed E-state index contributed by atoms with van der Waals surface area (Å²) >= 11 is 1.46. The van der Waals surface area contributed by atoms with Gasteiger partial charge in [-0.3, -0.25) is 6.08 Å². The van der Waals surface area contributed by atoms with Gasteiger partial charge in [0, 0.05) is 0 Å². The van der Waals surface area contributed by atoms with Crippen molar-refractivity contribution in [3.05, 3.63) is 166 Å². The Hall–Kier alpha value is -3.02. The van der Waals surface area contributed by atoms with Crippen molar-refractivity contribution < 1.29 is 24.2 Å². The molecule has 1 heteroatoms. The standard InChI is InChI=1S/C13H9.C13H10.C5H5.2CH3.Zr/c1-3-7-12-10(5-1)9-11-6-2-4-8-13(11)12;1-3-7-12(8-4-1)11-13-9-5-2-6-10-13;1-2-4-5-3-1;;;/h1-9H;1-10H;1-3H,4H2;2*1H3;/q-1;;3*-1;. The topological polar surface area (TPSA) is 0 Å². The number of benzene rings is 4. The molecule has 0 saturated heterocycles. The summed E-state index contributed by atoms with van der Waals surface area (Å²) < 4.78 is 1.42. The first-order valence-corrected chi connectivity index (χ1v) is 12.0. The fourth-order valence-electron chi connectivity index (χ4n) is 3.62. The monoisotopic (exact) mass is 516 g/mol. The van der Waals surface area contributed by atoms with Crippen LogP contribution in [0.4, 0.5) is 0 Å². The second kappa shape index (κ2) is 14.3. The molecular formula is C33H30Zr-4. The molecule has 0 amide bonds. The third-order valence-corrected chi connectivity index (χ3v) is 6.65. The van der Waals surface area contributed by atoms with Crippen LogP contribution in [0.1, 0.15) is 17.5 Å². The van der Waals surface area contributed by atoms with Crippen molar-refractivity contribution in [3.63, 3.8) is 0 Å². The van der Waals surface area contributed by atoms with Crippen LogP contribution in [0.15, 0.2) is 133 Å². The summed E-state index contributed by atoms with van der Waals surface area (Å²) in [5, 5.41) is 5.39. The van der Waals surface area contributed by atoms with E-state index in [0.29, 0.717) is 0 Å². The van der Waals surface area contributed by atoms with Crippen molar-refractivity contribution in [2.24, 2.45) is 0 Å². The molecule has 0 nitrogen and oxygen atoms in total. The van der Waals surface area contributed by atoms with Crippen LogP contribution in [0.25, 0.3) is 21.5 Å². The molecule has 5 aromatic rings. The summed E-state index contributed by atoms with van der Waals surface area (Å²) in [6, 6.07) is 40.4. The maximum absolute atomic E-state index is 2.99. The quantitative estimate of drug-likeness (QED) is 0.205. The molecule has 0 aliphatic heterocycles. The van der Waals surface area contributed by atoms with Crippen LogP contribution in [0, 0.1) is 20.9 Å². The Morgan fingerprint density at radius 2 is 1.06 bits per heavy atom. The van der Waals surface area contributed by atoms with E-state index >= 15 is 0 Å². The van der Waals surface area contributed by atoms with Crippen LogP contribution in [0.3, 0.4) is 0 Å². The van der Waals surface area contributed by atoms with E-state index < -0.39 is 0 Å². The zero-order valence-electron chi connectivity index (χ0n) is 19.9. The zero-order chi connectivity index (χ0) is 22.0. The van der Waals surface area contributed by atoms with Crippen molar-refractivity contribution in [1.82, 2.24) is 0 Å². The van der Waals surface area contributed by atoms with Gasteiger partial charge >= 0.3 is 99.2 Å². The molecule has 0 N–H and O–H groups in total. The molecule has 170 valence electrons. The molecule has 0 saturated carbocycles. The summed E-state index contributed by atoms with van der Waals surface area (Å²) in [5.41, 5.74) is 2.66. The molecular weight excluding hydrogens is 488 g/mol. The van der Waals surface area contributed by atoms with Crippen LogP contribution in [-0.4, -0.2) is 3.21 Å². The molecule has 0 radical (unpaired) electrons. The average Bonchev–Trinajstić information content (AvgIpc) is 3.57. The first-order valence-electron chi connectivity index (χ1n) is 10.8. The number of hydrogen-bond acceptors (Lipinski definition) is 0. The van der Waals surface area contributed by atoms with E-state index in [0.717, 1.165) is 6.42 Å². The predicted molar refractivity (Wildman–Crippen MR) is 148 cm³/mol. The van der Waals surface area contributed by atoms with Crippen molar-refractivity contribution in [2.45, 2.75) is 6.42 Å². The Balaban J connectivity index is 0.000000191. The molecule has 0 fully saturated rings. The third kappa shape index (κ3) is 7.24. The van der Waals surface area contributed by atoms with E-state index in [4.69, 9.17) is 0 Å². The van der Waals surface area contributed by atoms with Crippen LogP contribution >= 0.6 is 0 Å². The van der Waals surface area contributed by atoms with E-state index in [1.54, 1.807) is 0 Å². The van der Waals surface area contributed by atoms with Gasteiger partial charge in [0.25, 0.3) is 0 Å². The van der Waals surface area contributed by atoms with E-state index in [1.807, 2.05) is 12.2 Å². The largest absolute Gasteiger partial charge is 0.126 e. The van der Waals surface area contributed by atoms with E-state index in [1.165, 1.54) is 60.1 Å². The first-order chi connectivity index (χ1) is 15.8. The summed E-state index contributed by atoms with van der Waals surface area (Å²) in [6.45, 7) is 0. The van der Waals surface area contributed by atoms with Gasteiger partial charge in [0.15, 0.2) is 0 Å². The first kappa shape index (κ1) is 27.2. The molecule has 0 spiro atoms. The zero-order valence-corrected chi connectivity index (χ0v) is 22.4. The Morgan fingerprint density at radius 3 is 1.44 bits per heavy atom. The molecule has 34 heavy (non-hydrogen) atoms. The number of allylic oxidation sites excluding steroid dienone is 4. The van der Waals surface area contributed by atoms with Crippen molar-refractivity contribution in [3.8, 4) is 0 Å². The fourth-order valence-corrected chi connectivity index (χ4v) is 4.44. The van der Waals surface area contributed by atoms with Gasteiger partial charge in [-0.2, -0.15) is 6.08 Å². The van der Waals surface area contributed by atoms with Gasteiger partial charge in [0.2, 0.25) is 0 Å². The van der Waals surface area contributed by atoms with Crippen LogP contribution in [0.5, 0.6) is 0 Å². The van der Waals surface area contributed by atoms with Gasteiger partial charge in [-0.1, -0.05) is 36.4 Å². The maximum atomic E-state index is 2.99. The SMILES string of the molecule is [C-]1=CC=CC1.[CH3-].[CH3-].[Zr]=[C](c1ccccc1)c1ccccc1.c1ccc2c(c1)[cH-]c1ccccc12. The van der Waals surface area contributed by atoms with Crippen molar-refractivity contribution in [1.29, 1.82) is 0 Å². The summed E-state index contributed by atoms with van der Waals surface area (Å²) in [5.74, 6) is 0. The number of hydrogen-bond donors (Lipinski definition) is 0. The Morgan fingerprint density at radius 1 is 0.618 bits per heavy atom. The number of fused-ring (bicyclic) bond motifs is 3. The second-order valence-electron chi connectivity index (χ2n) is 7.43. The molecule has 6 rings (SSSR count). The van der Waals surface area contributed by atoms with Crippen LogP contribution in [-0.2, 0) is 24.2 Å². The minimum absolute atomic E-state index is 0. The average molecular weight is 518 g/mol. The minimum Gasteiger partial charge on any atom is -0.126 e. The molecule has 0 aromatic heterocycles. The van der Waals surface area contributed by atoms with Gasteiger partial charge in [-0.05, 0) is 0 Å². The van der Waals surface area contributed by atoms with E-state index in [2.05, 4.69) is 127 Å². The molecule has 0 bridgehead atoms. The Labute approximate surface area is 220 Å². The Kier molecular flexibility index (Phi) is 11.4. The fraction of sp³-hybridized carbons (Fsp3) is 0.0303. The smallest absolute Gasteiger partial charge is 0.0771 e. The van der Waals surface area contributed by atoms with E-state index in [9.17, 15) is 0 Å². The summed E-state index contributed by atoms with van der Waals surface area (Å²) in [4.78, 5) is 0. The van der Waals surface area contributed by atoms with Crippen molar-refractivity contribution >= 4 is 24.8 Å². The third-order valence-electron chi connectivity index (χ3n) is 5.23. The predicted octanol–water partition coefficient (Wildman–Crippen LogP) is 8.72. The molecule has 5 aromatic carbocycles. The van der Waals surface area contributed by atoms with Crippen LogP contribution < -0.4 is 0 Å². The van der Waals surface area contributed by atoms with Gasteiger partial charge in [-0.15, -0.1) is 46.2 Å². The van der Waals surface area contributed by atoms with Gasteiger partial charge in [0.1, 0.15) is 0 Å². The van der Waals surface area contributed by atoms with Gasteiger partial charge in [0.05, 0.1) is 0 Å². The minimum atomic E-state index is 0. The summed E-state index contributed by atoms with van der Waals surface area (Å²) in [6.07, 6.45) is 10.0. The Bertz CT molecular complexity index is 1240. The van der Waals surface area contributed by atoms with Crippen LogP contribution in [0.2, 0.25) is 0 Å². The molecule has 1 aliphatic rings. The molecule has 0 heterocycles. The maximum Gasteiger partial charge on any atom is -0.0771 e. The van der Waals surface area contributed by atoms with Crippen molar-refractivity contribution in [2.75, 3.05) is 0 Å².